The van der Waals surface area contributed by atoms with Crippen LogP contribution in [0.15, 0.2) is 59.2 Å². The van der Waals surface area contributed by atoms with Crippen molar-refractivity contribution in [3.05, 3.63) is 70.6 Å². The fraction of sp³-hybridized carbons (Fsp3) is 0. The van der Waals surface area contributed by atoms with Gasteiger partial charge in [-0.1, -0.05) is 40.2 Å². The molecule has 0 atom stereocenters. The van der Waals surface area contributed by atoms with E-state index in [0.29, 0.717) is 11.3 Å². The molecule has 0 unspecified atom stereocenters. The van der Waals surface area contributed by atoms with Gasteiger partial charge in [0.25, 0.3) is 0 Å². The van der Waals surface area contributed by atoms with Gasteiger partial charge in [0.1, 0.15) is 5.82 Å². The monoisotopic (exact) mass is 334 g/mol. The van der Waals surface area contributed by atoms with Crippen molar-refractivity contribution in [2.45, 2.75) is 0 Å². The highest BCUT2D eigenvalue weighted by molar-refractivity contribution is 9.10. The molecule has 0 saturated carbocycles. The van der Waals surface area contributed by atoms with Crippen molar-refractivity contribution in [2.24, 2.45) is 0 Å². The summed E-state index contributed by atoms with van der Waals surface area (Å²) in [6.45, 7) is 0. The molecule has 0 aliphatic carbocycles. The molecule has 20 heavy (non-hydrogen) atoms. The minimum Gasteiger partial charge on any atom is -0.314 e. The van der Waals surface area contributed by atoms with Gasteiger partial charge in [-0.3, -0.25) is 0 Å². The van der Waals surface area contributed by atoms with E-state index in [-0.39, 0.29) is 5.82 Å². The summed E-state index contributed by atoms with van der Waals surface area (Å²) >= 11 is 3.32. The van der Waals surface area contributed by atoms with Gasteiger partial charge in [0.2, 0.25) is 0 Å². The first kappa shape index (κ1) is 14.3. The van der Waals surface area contributed by atoms with Crippen LogP contribution in [0.1, 0.15) is 5.56 Å². The highest BCUT2D eigenvalue weighted by Gasteiger charge is 2.00. The highest BCUT2D eigenvalue weighted by atomic mass is 79.9. The van der Waals surface area contributed by atoms with Crippen LogP contribution < -0.4 is 10.6 Å². The standard InChI is InChI=1S/C15H12BrFN2O/c16-12-5-3-6-13(10-12)19-15(20)18-9-8-11-4-1-2-7-14(11)17/h1-10H,(H2,18,19,20)/b9-8+. The zero-order chi connectivity index (χ0) is 14.4. The fourth-order valence-corrected chi connectivity index (χ4v) is 1.95. The Labute approximate surface area is 124 Å². The Morgan fingerprint density at radius 2 is 1.95 bits per heavy atom. The summed E-state index contributed by atoms with van der Waals surface area (Å²) < 4.78 is 14.2. The van der Waals surface area contributed by atoms with E-state index < -0.39 is 6.03 Å². The summed E-state index contributed by atoms with van der Waals surface area (Å²) in [5, 5.41) is 5.17. The van der Waals surface area contributed by atoms with E-state index in [1.165, 1.54) is 18.3 Å². The number of rotatable bonds is 3. The topological polar surface area (TPSA) is 41.1 Å². The van der Waals surface area contributed by atoms with Crippen molar-refractivity contribution in [1.82, 2.24) is 5.32 Å². The number of hydrogen-bond donors (Lipinski definition) is 2. The van der Waals surface area contributed by atoms with Crippen LogP contribution in [0.5, 0.6) is 0 Å². The summed E-state index contributed by atoms with van der Waals surface area (Å²) in [5.74, 6) is -0.335. The molecule has 0 spiro atoms. The summed E-state index contributed by atoms with van der Waals surface area (Å²) in [7, 11) is 0. The quantitative estimate of drug-likeness (QED) is 0.859. The third-order valence-corrected chi connectivity index (χ3v) is 2.96. The number of carbonyl (C=O) groups excluding carboxylic acids is 1. The number of carbonyl (C=O) groups is 1. The lowest BCUT2D eigenvalue weighted by atomic mass is 10.2. The second kappa shape index (κ2) is 6.86. The third-order valence-electron chi connectivity index (χ3n) is 2.47. The Morgan fingerprint density at radius 3 is 2.70 bits per heavy atom. The van der Waals surface area contributed by atoms with E-state index in [0.717, 1.165) is 4.47 Å². The van der Waals surface area contributed by atoms with Gasteiger partial charge in [-0.05, 0) is 30.3 Å². The number of halogens is 2. The van der Waals surface area contributed by atoms with Gasteiger partial charge < -0.3 is 10.6 Å². The van der Waals surface area contributed by atoms with Crippen LogP contribution in [-0.4, -0.2) is 6.03 Å². The molecule has 0 fully saturated rings. The maximum Gasteiger partial charge on any atom is 0.323 e. The fourth-order valence-electron chi connectivity index (χ4n) is 1.55. The van der Waals surface area contributed by atoms with Crippen LogP contribution in [0.25, 0.3) is 6.08 Å². The normalized spacial score (nSPS) is 10.5. The Hall–Kier alpha value is -2.14. The van der Waals surface area contributed by atoms with Crippen molar-refractivity contribution in [3.8, 4) is 0 Å². The molecule has 102 valence electrons. The van der Waals surface area contributed by atoms with Crippen molar-refractivity contribution < 1.29 is 9.18 Å². The first-order valence-corrected chi connectivity index (χ1v) is 6.68. The molecular weight excluding hydrogens is 323 g/mol. The molecule has 0 aromatic heterocycles. The van der Waals surface area contributed by atoms with E-state index in [1.54, 1.807) is 30.3 Å². The van der Waals surface area contributed by atoms with Crippen molar-refractivity contribution in [2.75, 3.05) is 5.32 Å². The van der Waals surface area contributed by atoms with Gasteiger partial charge in [-0.2, -0.15) is 0 Å². The van der Waals surface area contributed by atoms with Crippen LogP contribution in [-0.2, 0) is 0 Å². The maximum absolute atomic E-state index is 13.3. The maximum atomic E-state index is 13.3. The second-order valence-electron chi connectivity index (χ2n) is 3.96. The third kappa shape index (κ3) is 4.20. The van der Waals surface area contributed by atoms with Gasteiger partial charge >= 0.3 is 6.03 Å². The van der Waals surface area contributed by atoms with Gasteiger partial charge in [-0.15, -0.1) is 0 Å². The Morgan fingerprint density at radius 1 is 1.15 bits per heavy atom. The molecule has 0 bridgehead atoms. The predicted molar refractivity (Wildman–Crippen MR) is 81.7 cm³/mol. The number of nitrogens with one attached hydrogen (secondary N) is 2. The number of hydrogen-bond acceptors (Lipinski definition) is 1. The van der Waals surface area contributed by atoms with Crippen LogP contribution in [0.2, 0.25) is 0 Å². The molecule has 0 radical (unpaired) electrons. The summed E-state index contributed by atoms with van der Waals surface area (Å²) in [4.78, 5) is 11.6. The van der Waals surface area contributed by atoms with E-state index in [9.17, 15) is 9.18 Å². The lowest BCUT2D eigenvalue weighted by Gasteiger charge is -2.04. The minimum absolute atomic E-state index is 0.335. The summed E-state index contributed by atoms with van der Waals surface area (Å²) in [5.41, 5.74) is 1.08. The molecule has 2 rings (SSSR count). The molecule has 2 N–H and O–H groups in total. The van der Waals surface area contributed by atoms with E-state index >= 15 is 0 Å². The van der Waals surface area contributed by atoms with Gasteiger partial charge in [0.15, 0.2) is 0 Å². The molecule has 3 nitrogen and oxygen atoms in total. The van der Waals surface area contributed by atoms with E-state index in [1.807, 2.05) is 12.1 Å². The Kier molecular flexibility index (Phi) is 4.90. The Bertz CT molecular complexity index is 643. The molecule has 5 heteroatoms. The molecule has 2 amide bonds. The number of anilines is 1. The number of urea groups is 1. The summed E-state index contributed by atoms with van der Waals surface area (Å²) in [6.07, 6.45) is 2.89. The molecule has 0 aliphatic rings. The molecule has 0 heterocycles. The highest BCUT2D eigenvalue weighted by Crippen LogP contribution is 2.15. The molecule has 2 aromatic rings. The second-order valence-corrected chi connectivity index (χ2v) is 4.88. The molecule has 0 aliphatic heterocycles. The zero-order valence-electron chi connectivity index (χ0n) is 10.4. The SMILES string of the molecule is O=C(N/C=C/c1ccccc1F)Nc1cccc(Br)c1. The average molecular weight is 335 g/mol. The molecule has 0 saturated heterocycles. The van der Waals surface area contributed by atoms with E-state index in [4.69, 9.17) is 0 Å². The van der Waals surface area contributed by atoms with Crippen molar-refractivity contribution in [3.63, 3.8) is 0 Å². The number of benzene rings is 2. The molecule has 2 aromatic carbocycles. The lowest BCUT2D eigenvalue weighted by molar-refractivity contribution is 0.255. The minimum atomic E-state index is -0.393. The van der Waals surface area contributed by atoms with E-state index in [2.05, 4.69) is 26.6 Å². The van der Waals surface area contributed by atoms with Crippen molar-refractivity contribution in [1.29, 1.82) is 0 Å². The van der Waals surface area contributed by atoms with Crippen LogP contribution >= 0.6 is 15.9 Å². The number of amides is 2. The lowest BCUT2D eigenvalue weighted by Crippen LogP contribution is -2.23. The smallest absolute Gasteiger partial charge is 0.314 e. The first-order chi connectivity index (χ1) is 9.65. The average Bonchev–Trinajstić information content (AvgIpc) is 2.41. The Balaban J connectivity index is 1.91. The van der Waals surface area contributed by atoms with Crippen LogP contribution in [0, 0.1) is 5.82 Å². The van der Waals surface area contributed by atoms with Crippen molar-refractivity contribution >= 4 is 33.7 Å². The van der Waals surface area contributed by atoms with Crippen LogP contribution in [0.3, 0.4) is 0 Å². The largest absolute Gasteiger partial charge is 0.323 e. The van der Waals surface area contributed by atoms with Gasteiger partial charge in [0, 0.05) is 21.9 Å². The van der Waals surface area contributed by atoms with Crippen LogP contribution in [0.4, 0.5) is 14.9 Å². The zero-order valence-corrected chi connectivity index (χ0v) is 12.0. The first-order valence-electron chi connectivity index (χ1n) is 5.89. The van der Waals surface area contributed by atoms with Gasteiger partial charge in [-0.25, -0.2) is 9.18 Å². The molecular formula is C15H12BrFN2O. The predicted octanol–water partition coefficient (Wildman–Crippen LogP) is 4.38. The summed E-state index contributed by atoms with van der Waals surface area (Å²) in [6, 6.07) is 13.2. The van der Waals surface area contributed by atoms with Gasteiger partial charge in [0.05, 0.1) is 0 Å².